The van der Waals surface area contributed by atoms with E-state index in [4.69, 9.17) is 9.47 Å². The number of carbonyl (C=O) groups is 2. The van der Waals surface area contributed by atoms with Crippen molar-refractivity contribution in [3.8, 4) is 0 Å². The number of rotatable bonds is 26. The van der Waals surface area contributed by atoms with E-state index in [1.807, 2.05) is 6.08 Å². The topological polar surface area (TPSA) is 134 Å². The standard InChI is InChI=1S/C36H64O8/c1-4-5-13-19-29(37)23-24-32-31(33(39)25-34(32)40)20-16-17-22-36(42)44-27-30(38)26-43-35(41)21-15-12-10-8-6-7-9-11-14-18-28(2)3/h16-17,23-24,28-34,37-40H,4-15,18-22,25-27H2,1-3H3/b17-16-,24-23+/t29-,30+,31+,32-,33+,34-/m1/s1. The van der Waals surface area contributed by atoms with E-state index >= 15 is 0 Å². The van der Waals surface area contributed by atoms with Crippen LogP contribution in [-0.4, -0.2) is 70.0 Å². The molecule has 0 aliphatic heterocycles. The molecule has 0 radical (unpaired) electrons. The van der Waals surface area contributed by atoms with Gasteiger partial charge in [0, 0.05) is 18.8 Å². The van der Waals surface area contributed by atoms with Gasteiger partial charge in [0.1, 0.15) is 19.3 Å². The van der Waals surface area contributed by atoms with Crippen molar-refractivity contribution in [2.45, 2.75) is 161 Å². The number of ether oxygens (including phenoxy) is 2. The van der Waals surface area contributed by atoms with E-state index in [1.54, 1.807) is 18.2 Å². The number of carbonyl (C=O) groups excluding carboxylic acids is 2. The SMILES string of the molecule is CCCCC[C@@H](O)/C=C/[C@@H]1[C@H](C/C=C\CC(=O)OC[C@@H](O)COC(=O)CCCCCCCCCCCC(C)C)[C@@H](O)C[C@H]1O. The molecule has 1 aliphatic carbocycles. The third-order valence-corrected chi connectivity index (χ3v) is 8.47. The number of allylic oxidation sites excluding steroid dienone is 1. The lowest BCUT2D eigenvalue weighted by Crippen LogP contribution is -2.25. The van der Waals surface area contributed by atoms with Gasteiger partial charge in [0.05, 0.1) is 24.7 Å². The largest absolute Gasteiger partial charge is 0.463 e. The first-order valence-corrected chi connectivity index (χ1v) is 17.5. The summed E-state index contributed by atoms with van der Waals surface area (Å²) in [4.78, 5) is 24.0. The van der Waals surface area contributed by atoms with Gasteiger partial charge in [-0.3, -0.25) is 9.59 Å². The van der Waals surface area contributed by atoms with Crippen LogP contribution in [0.1, 0.15) is 136 Å². The molecule has 0 aromatic rings. The molecule has 8 nitrogen and oxygen atoms in total. The average Bonchev–Trinajstić information content (AvgIpc) is 3.25. The number of aliphatic hydroxyl groups is 4. The van der Waals surface area contributed by atoms with Crippen LogP contribution in [0.2, 0.25) is 0 Å². The third-order valence-electron chi connectivity index (χ3n) is 8.47. The molecule has 8 heteroatoms. The van der Waals surface area contributed by atoms with Crippen molar-refractivity contribution in [3.05, 3.63) is 24.3 Å². The maximum atomic E-state index is 12.1. The van der Waals surface area contributed by atoms with Gasteiger partial charge in [0.2, 0.25) is 0 Å². The van der Waals surface area contributed by atoms with Crippen LogP contribution in [0.3, 0.4) is 0 Å². The Bertz CT molecular complexity index is 795. The Balaban J connectivity index is 2.14. The summed E-state index contributed by atoms with van der Waals surface area (Å²) in [5.41, 5.74) is 0. The number of esters is 2. The molecule has 0 saturated heterocycles. The zero-order chi connectivity index (χ0) is 32.6. The highest BCUT2D eigenvalue weighted by molar-refractivity contribution is 5.71. The molecule has 0 aromatic carbocycles. The summed E-state index contributed by atoms with van der Waals surface area (Å²) in [5, 5.41) is 41.0. The van der Waals surface area contributed by atoms with Crippen LogP contribution in [0.5, 0.6) is 0 Å². The lowest BCUT2D eigenvalue weighted by molar-refractivity contribution is -0.151. The second-order valence-electron chi connectivity index (χ2n) is 13.1. The first-order valence-electron chi connectivity index (χ1n) is 17.5. The molecule has 44 heavy (non-hydrogen) atoms. The monoisotopic (exact) mass is 624 g/mol. The molecule has 1 fully saturated rings. The zero-order valence-corrected chi connectivity index (χ0v) is 27.9. The van der Waals surface area contributed by atoms with Gasteiger partial charge in [-0.25, -0.2) is 0 Å². The fraction of sp³-hybridized carbons (Fsp3) is 0.833. The smallest absolute Gasteiger partial charge is 0.309 e. The Labute approximate surface area is 267 Å². The van der Waals surface area contributed by atoms with Crippen LogP contribution in [-0.2, 0) is 19.1 Å². The van der Waals surface area contributed by atoms with Gasteiger partial charge in [-0.2, -0.15) is 0 Å². The fourth-order valence-corrected chi connectivity index (χ4v) is 5.71. The molecule has 1 rings (SSSR count). The van der Waals surface area contributed by atoms with Gasteiger partial charge in [-0.15, -0.1) is 0 Å². The Hall–Kier alpha value is -1.74. The Morgan fingerprint density at radius 3 is 2.00 bits per heavy atom. The molecule has 0 unspecified atom stereocenters. The molecule has 1 saturated carbocycles. The van der Waals surface area contributed by atoms with E-state index in [0.717, 1.165) is 44.4 Å². The summed E-state index contributed by atoms with van der Waals surface area (Å²) in [6, 6.07) is 0. The number of hydrogen-bond acceptors (Lipinski definition) is 8. The van der Waals surface area contributed by atoms with E-state index in [0.29, 0.717) is 19.3 Å². The quantitative estimate of drug-likeness (QED) is 0.0482. The molecule has 0 heterocycles. The molecule has 6 atom stereocenters. The first-order chi connectivity index (χ1) is 21.1. The predicted molar refractivity (Wildman–Crippen MR) is 175 cm³/mol. The van der Waals surface area contributed by atoms with Gasteiger partial charge in [-0.1, -0.05) is 122 Å². The summed E-state index contributed by atoms with van der Waals surface area (Å²) in [6.45, 7) is 6.20. The van der Waals surface area contributed by atoms with Gasteiger partial charge in [-0.05, 0) is 31.1 Å². The van der Waals surface area contributed by atoms with Crippen molar-refractivity contribution in [1.29, 1.82) is 0 Å². The lowest BCUT2D eigenvalue weighted by Gasteiger charge is -2.19. The highest BCUT2D eigenvalue weighted by Gasteiger charge is 2.39. The minimum atomic E-state index is -1.08. The fourth-order valence-electron chi connectivity index (χ4n) is 5.71. The summed E-state index contributed by atoms with van der Waals surface area (Å²) in [6.07, 6.45) is 20.8. The van der Waals surface area contributed by atoms with Crippen LogP contribution in [0, 0.1) is 17.8 Å². The average molecular weight is 625 g/mol. The number of hydrogen-bond donors (Lipinski definition) is 4. The van der Waals surface area contributed by atoms with Crippen molar-refractivity contribution in [2.24, 2.45) is 17.8 Å². The Morgan fingerprint density at radius 1 is 0.773 bits per heavy atom. The molecule has 256 valence electrons. The maximum Gasteiger partial charge on any atom is 0.309 e. The van der Waals surface area contributed by atoms with Crippen molar-refractivity contribution in [2.75, 3.05) is 13.2 Å². The number of unbranched alkanes of at least 4 members (excludes halogenated alkanes) is 10. The van der Waals surface area contributed by atoms with E-state index in [1.165, 1.54) is 44.9 Å². The maximum absolute atomic E-state index is 12.1. The van der Waals surface area contributed by atoms with Gasteiger partial charge in [0.15, 0.2) is 0 Å². The normalized spacial score (nSPS) is 21.8. The molecule has 1 aliphatic rings. The van der Waals surface area contributed by atoms with Gasteiger partial charge in [0.25, 0.3) is 0 Å². The second-order valence-corrected chi connectivity index (χ2v) is 13.1. The summed E-state index contributed by atoms with van der Waals surface area (Å²) in [5.74, 6) is -0.531. The van der Waals surface area contributed by atoms with Gasteiger partial charge >= 0.3 is 11.9 Å². The molecular weight excluding hydrogens is 560 g/mol. The molecule has 0 bridgehead atoms. The minimum absolute atomic E-state index is 0.00661. The zero-order valence-electron chi connectivity index (χ0n) is 27.9. The second kappa shape index (κ2) is 25.5. The minimum Gasteiger partial charge on any atom is -0.463 e. The third kappa shape index (κ3) is 20.3. The van der Waals surface area contributed by atoms with Crippen LogP contribution in [0.15, 0.2) is 24.3 Å². The summed E-state index contributed by atoms with van der Waals surface area (Å²) >= 11 is 0. The van der Waals surface area contributed by atoms with Crippen molar-refractivity contribution >= 4 is 11.9 Å². The van der Waals surface area contributed by atoms with E-state index in [9.17, 15) is 30.0 Å². The van der Waals surface area contributed by atoms with Crippen molar-refractivity contribution in [3.63, 3.8) is 0 Å². The molecule has 4 N–H and O–H groups in total. The Morgan fingerprint density at radius 2 is 1.36 bits per heavy atom. The molecule has 0 spiro atoms. The van der Waals surface area contributed by atoms with Crippen LogP contribution in [0.4, 0.5) is 0 Å². The highest BCUT2D eigenvalue weighted by atomic mass is 16.6. The van der Waals surface area contributed by atoms with E-state index < -0.39 is 30.4 Å². The predicted octanol–water partition coefficient (Wildman–Crippen LogP) is 6.57. The van der Waals surface area contributed by atoms with Gasteiger partial charge < -0.3 is 29.9 Å². The van der Waals surface area contributed by atoms with Crippen molar-refractivity contribution in [1.82, 2.24) is 0 Å². The molecule has 0 amide bonds. The van der Waals surface area contributed by atoms with Crippen LogP contribution < -0.4 is 0 Å². The Kier molecular flexibility index (Phi) is 23.3. The van der Waals surface area contributed by atoms with Crippen molar-refractivity contribution < 1.29 is 39.5 Å². The molecule has 0 aromatic heterocycles. The molecular formula is C36H64O8. The van der Waals surface area contributed by atoms with Crippen LogP contribution in [0.25, 0.3) is 0 Å². The summed E-state index contributed by atoms with van der Waals surface area (Å²) in [7, 11) is 0. The van der Waals surface area contributed by atoms with E-state index in [2.05, 4.69) is 20.8 Å². The highest BCUT2D eigenvalue weighted by Crippen LogP contribution is 2.36. The summed E-state index contributed by atoms with van der Waals surface area (Å²) < 4.78 is 10.2. The lowest BCUT2D eigenvalue weighted by atomic mass is 9.89. The van der Waals surface area contributed by atoms with E-state index in [-0.39, 0.29) is 43.9 Å². The first kappa shape index (κ1) is 40.3. The van der Waals surface area contributed by atoms with Crippen LogP contribution >= 0.6 is 0 Å². The number of aliphatic hydroxyl groups excluding tert-OH is 4.